The number of hydrogen-bond acceptors (Lipinski definition) is 8. The molecule has 11 heteroatoms. The molecule has 0 aromatic heterocycles. The van der Waals surface area contributed by atoms with Crippen molar-refractivity contribution in [2.75, 3.05) is 38.0 Å². The summed E-state index contributed by atoms with van der Waals surface area (Å²) in [6.07, 6.45) is 2.41. The Morgan fingerprint density at radius 2 is 1.61 bits per heavy atom. The number of benzene rings is 3. The number of nitrogens with one attached hydrogen (secondary N) is 2. The van der Waals surface area contributed by atoms with E-state index in [-0.39, 0.29) is 11.5 Å². The Hall–Kier alpha value is -4.77. The van der Waals surface area contributed by atoms with Crippen LogP contribution in [0.15, 0.2) is 71.6 Å². The van der Waals surface area contributed by atoms with E-state index in [1.54, 1.807) is 54.6 Å². The van der Waals surface area contributed by atoms with Gasteiger partial charge in [0.25, 0.3) is 17.1 Å². The Balaban J connectivity index is 1.37. The van der Waals surface area contributed by atoms with Gasteiger partial charge in [0.05, 0.1) is 24.8 Å². The molecule has 0 atom stereocenters. The van der Waals surface area contributed by atoms with Crippen LogP contribution in [0.25, 0.3) is 6.08 Å². The SMILES string of the molecule is CCc1ccc(NC(=O)CN2C(=O)S/C(=C\c3ccc(OCC(=O)Nc4ccccc4OC)c(OC)c3)C2=O)cc1. The highest BCUT2D eigenvalue weighted by Gasteiger charge is 2.36. The van der Waals surface area contributed by atoms with E-state index in [4.69, 9.17) is 14.2 Å². The van der Waals surface area contributed by atoms with Crippen LogP contribution in [-0.4, -0.2) is 55.2 Å². The summed E-state index contributed by atoms with van der Waals surface area (Å²) in [7, 11) is 2.96. The normalized spacial score (nSPS) is 13.7. The topological polar surface area (TPSA) is 123 Å². The smallest absolute Gasteiger partial charge is 0.294 e. The van der Waals surface area contributed by atoms with E-state index < -0.39 is 29.5 Å². The zero-order chi connectivity index (χ0) is 29.4. The van der Waals surface area contributed by atoms with Gasteiger partial charge in [0.1, 0.15) is 12.3 Å². The summed E-state index contributed by atoms with van der Waals surface area (Å²) >= 11 is 0.749. The van der Waals surface area contributed by atoms with Crippen molar-refractivity contribution in [1.29, 1.82) is 0 Å². The highest BCUT2D eigenvalue weighted by molar-refractivity contribution is 8.18. The second kappa shape index (κ2) is 13.5. The number of carbonyl (C=O) groups is 4. The van der Waals surface area contributed by atoms with Crippen molar-refractivity contribution in [2.24, 2.45) is 0 Å². The number of methoxy groups -OCH3 is 2. The van der Waals surface area contributed by atoms with E-state index >= 15 is 0 Å². The number of amides is 4. The largest absolute Gasteiger partial charge is 0.495 e. The minimum Gasteiger partial charge on any atom is -0.495 e. The molecule has 0 aliphatic carbocycles. The predicted molar refractivity (Wildman–Crippen MR) is 157 cm³/mol. The van der Waals surface area contributed by atoms with Crippen molar-refractivity contribution in [1.82, 2.24) is 4.90 Å². The van der Waals surface area contributed by atoms with E-state index in [2.05, 4.69) is 10.6 Å². The number of carbonyl (C=O) groups excluding carboxylic acids is 4. The number of aryl methyl sites for hydroxylation is 1. The van der Waals surface area contributed by atoms with Crippen molar-refractivity contribution >= 4 is 52.2 Å². The summed E-state index contributed by atoms with van der Waals surface area (Å²) in [6.45, 7) is 1.35. The van der Waals surface area contributed by atoms with Gasteiger partial charge in [0, 0.05) is 5.69 Å². The zero-order valence-electron chi connectivity index (χ0n) is 22.8. The maximum atomic E-state index is 12.9. The molecule has 1 aliphatic heterocycles. The van der Waals surface area contributed by atoms with E-state index in [9.17, 15) is 19.2 Å². The number of nitrogens with zero attached hydrogens (tertiary/aromatic N) is 1. The van der Waals surface area contributed by atoms with Gasteiger partial charge in [-0.05, 0) is 71.8 Å². The van der Waals surface area contributed by atoms with E-state index in [0.717, 1.165) is 28.6 Å². The summed E-state index contributed by atoms with van der Waals surface area (Å²) in [4.78, 5) is 51.4. The molecule has 0 bridgehead atoms. The molecule has 0 unspecified atom stereocenters. The summed E-state index contributed by atoms with van der Waals surface area (Å²) < 4.78 is 16.3. The lowest BCUT2D eigenvalue weighted by molar-refractivity contribution is -0.127. The molecular weight excluding hydrogens is 546 g/mol. The second-order valence-corrected chi connectivity index (χ2v) is 9.81. The first-order valence-electron chi connectivity index (χ1n) is 12.7. The minimum absolute atomic E-state index is 0.169. The number of para-hydroxylation sites is 2. The molecule has 4 amide bonds. The fraction of sp³-hybridized carbons (Fsp3) is 0.200. The lowest BCUT2D eigenvalue weighted by atomic mass is 10.1. The first-order chi connectivity index (χ1) is 19.8. The highest BCUT2D eigenvalue weighted by atomic mass is 32.2. The van der Waals surface area contributed by atoms with E-state index in [1.165, 1.54) is 20.3 Å². The molecule has 2 N–H and O–H groups in total. The van der Waals surface area contributed by atoms with Crippen molar-refractivity contribution < 1.29 is 33.4 Å². The van der Waals surface area contributed by atoms with Crippen LogP contribution >= 0.6 is 11.8 Å². The lowest BCUT2D eigenvalue weighted by Gasteiger charge is -2.13. The summed E-state index contributed by atoms with van der Waals surface area (Å²) in [5.74, 6) is -0.265. The van der Waals surface area contributed by atoms with Gasteiger partial charge in [-0.25, -0.2) is 0 Å². The van der Waals surface area contributed by atoms with Crippen LogP contribution < -0.4 is 24.8 Å². The Morgan fingerprint density at radius 3 is 2.32 bits per heavy atom. The Morgan fingerprint density at radius 1 is 0.878 bits per heavy atom. The fourth-order valence-corrected chi connectivity index (χ4v) is 4.76. The number of imide groups is 1. The van der Waals surface area contributed by atoms with E-state index in [0.29, 0.717) is 34.2 Å². The summed E-state index contributed by atoms with van der Waals surface area (Å²) in [5, 5.41) is 4.90. The zero-order valence-corrected chi connectivity index (χ0v) is 23.6. The standard InChI is InChI=1S/C30H29N3O7S/c1-4-19-9-12-21(13-10-19)31-27(34)17-33-29(36)26(41-30(33)37)16-20-11-14-24(25(15-20)39-3)40-18-28(35)32-22-7-5-6-8-23(22)38-2/h5-16H,4,17-18H2,1-3H3,(H,31,34)(H,32,35)/b26-16-. The molecule has 4 rings (SSSR count). The van der Waals surface area contributed by atoms with Crippen LogP contribution in [0.4, 0.5) is 16.2 Å². The number of rotatable bonds is 11. The molecule has 1 aliphatic rings. The molecule has 1 saturated heterocycles. The number of anilines is 2. The molecule has 212 valence electrons. The van der Waals surface area contributed by atoms with Gasteiger partial charge in [0.2, 0.25) is 5.91 Å². The van der Waals surface area contributed by atoms with Crippen LogP contribution in [-0.2, 0) is 20.8 Å². The summed E-state index contributed by atoms with van der Waals surface area (Å²) in [6, 6.07) is 19.3. The van der Waals surface area contributed by atoms with Gasteiger partial charge in [-0.15, -0.1) is 0 Å². The quantitative estimate of drug-likeness (QED) is 0.308. The van der Waals surface area contributed by atoms with Crippen molar-refractivity contribution in [3.63, 3.8) is 0 Å². The van der Waals surface area contributed by atoms with Gasteiger partial charge in [0.15, 0.2) is 18.1 Å². The van der Waals surface area contributed by atoms with Gasteiger partial charge in [-0.2, -0.15) is 0 Å². The molecule has 3 aromatic rings. The maximum Gasteiger partial charge on any atom is 0.294 e. The average molecular weight is 576 g/mol. The maximum absolute atomic E-state index is 12.9. The third kappa shape index (κ3) is 7.46. The monoisotopic (exact) mass is 575 g/mol. The third-order valence-corrected chi connectivity index (χ3v) is 6.95. The second-order valence-electron chi connectivity index (χ2n) is 8.81. The molecule has 41 heavy (non-hydrogen) atoms. The molecule has 3 aromatic carbocycles. The fourth-order valence-electron chi connectivity index (χ4n) is 3.93. The molecule has 0 spiro atoms. The van der Waals surface area contributed by atoms with Gasteiger partial charge in [-0.1, -0.05) is 37.3 Å². The Labute approximate surface area is 241 Å². The molecular formula is C30H29N3O7S. The first-order valence-corrected chi connectivity index (χ1v) is 13.5. The third-order valence-electron chi connectivity index (χ3n) is 6.05. The van der Waals surface area contributed by atoms with Gasteiger partial charge < -0.3 is 24.8 Å². The first kappa shape index (κ1) is 29.2. The lowest BCUT2D eigenvalue weighted by Crippen LogP contribution is -2.36. The highest BCUT2D eigenvalue weighted by Crippen LogP contribution is 2.34. The number of thioether (sulfide) groups is 1. The van der Waals surface area contributed by atoms with Gasteiger partial charge in [-0.3, -0.25) is 24.1 Å². The van der Waals surface area contributed by atoms with Crippen LogP contribution in [0.2, 0.25) is 0 Å². The van der Waals surface area contributed by atoms with Crippen molar-refractivity contribution in [3.05, 3.63) is 82.8 Å². The van der Waals surface area contributed by atoms with Crippen molar-refractivity contribution in [3.8, 4) is 17.2 Å². The Bertz CT molecular complexity index is 1490. The predicted octanol–water partition coefficient (Wildman–Crippen LogP) is 4.96. The number of ether oxygens (including phenoxy) is 3. The Kier molecular flexibility index (Phi) is 9.64. The molecule has 1 heterocycles. The van der Waals surface area contributed by atoms with Crippen LogP contribution in [0.5, 0.6) is 17.2 Å². The van der Waals surface area contributed by atoms with E-state index in [1.807, 2.05) is 19.1 Å². The summed E-state index contributed by atoms with van der Waals surface area (Å²) in [5.41, 5.74) is 2.80. The minimum atomic E-state index is -0.566. The van der Waals surface area contributed by atoms with Crippen LogP contribution in [0, 0.1) is 0 Å². The van der Waals surface area contributed by atoms with Crippen molar-refractivity contribution in [2.45, 2.75) is 13.3 Å². The molecule has 0 radical (unpaired) electrons. The molecule has 1 fully saturated rings. The average Bonchev–Trinajstić information content (AvgIpc) is 3.24. The van der Waals surface area contributed by atoms with Gasteiger partial charge >= 0.3 is 0 Å². The van der Waals surface area contributed by atoms with Crippen LogP contribution in [0.3, 0.4) is 0 Å². The molecule has 0 saturated carbocycles. The molecule has 10 nitrogen and oxygen atoms in total. The number of hydrogen-bond donors (Lipinski definition) is 2. The van der Waals surface area contributed by atoms with Crippen LogP contribution in [0.1, 0.15) is 18.1 Å².